The van der Waals surface area contributed by atoms with Gasteiger partial charge < -0.3 is 23.4 Å². The molecule has 31 heavy (non-hydrogen) atoms. The highest BCUT2D eigenvalue weighted by Gasteiger charge is 2.83. The molecule has 8 nitrogen and oxygen atoms in total. The van der Waals surface area contributed by atoms with E-state index in [1.54, 1.807) is 6.07 Å². The van der Waals surface area contributed by atoms with Gasteiger partial charge in [0.25, 0.3) is 0 Å². The Hall–Kier alpha value is -2.45. The number of hydrogen-bond donors (Lipinski definition) is 0. The lowest BCUT2D eigenvalue weighted by Crippen LogP contribution is -2.42. The van der Waals surface area contributed by atoms with Crippen LogP contribution in [0.25, 0.3) is 0 Å². The van der Waals surface area contributed by atoms with Crippen LogP contribution >= 0.6 is 0 Å². The first-order valence-electron chi connectivity index (χ1n) is 10.5. The molecule has 3 fully saturated rings. The van der Waals surface area contributed by atoms with Crippen molar-refractivity contribution < 1.29 is 37.7 Å². The number of aldehydes is 1. The number of ether oxygens (including phenoxy) is 4. The van der Waals surface area contributed by atoms with E-state index < -0.39 is 40.9 Å². The fourth-order valence-corrected chi connectivity index (χ4v) is 5.47. The van der Waals surface area contributed by atoms with Crippen LogP contribution in [0.4, 0.5) is 0 Å². The maximum Gasteiger partial charge on any atom is 0.345 e. The van der Waals surface area contributed by atoms with Gasteiger partial charge in [-0.2, -0.15) is 0 Å². The summed E-state index contributed by atoms with van der Waals surface area (Å²) in [5.74, 6) is -0.136. The van der Waals surface area contributed by atoms with Crippen molar-refractivity contribution in [1.29, 1.82) is 0 Å². The summed E-state index contributed by atoms with van der Waals surface area (Å²) in [6.45, 7) is 11.0. The summed E-state index contributed by atoms with van der Waals surface area (Å²) in [6, 6.07) is 1.71. The zero-order valence-electron chi connectivity index (χ0n) is 18.1. The molecular formula is C23H26O8. The van der Waals surface area contributed by atoms with Gasteiger partial charge in [-0.05, 0) is 39.2 Å². The number of esters is 2. The number of carbonyl (C=O) groups is 3. The number of rotatable bonds is 3. The van der Waals surface area contributed by atoms with Crippen molar-refractivity contribution in [3.63, 3.8) is 0 Å². The second-order valence-electron chi connectivity index (χ2n) is 9.71. The third-order valence-corrected chi connectivity index (χ3v) is 7.09. The number of hydrogen-bond acceptors (Lipinski definition) is 8. The SMILES string of the molecule is C=C(C)[C@@H]1Cc2oc(cc2C=O)[C@@H]2O[C@]2(C)C[C@@]2(C)OC(=O)[C@@]3(O[C@@H]32)[C@@H](OC(C)=O)C1. The lowest BCUT2D eigenvalue weighted by molar-refractivity contribution is -0.172. The van der Waals surface area contributed by atoms with E-state index in [2.05, 4.69) is 6.58 Å². The first-order chi connectivity index (χ1) is 14.5. The summed E-state index contributed by atoms with van der Waals surface area (Å²) >= 11 is 0. The highest BCUT2D eigenvalue weighted by molar-refractivity contribution is 5.89. The van der Waals surface area contributed by atoms with E-state index in [-0.39, 0.29) is 12.0 Å². The normalized spacial score (nSPS) is 42.6. The molecule has 0 spiro atoms. The van der Waals surface area contributed by atoms with Crippen molar-refractivity contribution >= 4 is 18.2 Å². The van der Waals surface area contributed by atoms with Crippen molar-refractivity contribution in [3.05, 3.63) is 35.3 Å². The van der Waals surface area contributed by atoms with E-state index in [1.165, 1.54) is 6.92 Å². The van der Waals surface area contributed by atoms with Crippen LogP contribution in [0, 0.1) is 5.92 Å². The van der Waals surface area contributed by atoms with Gasteiger partial charge in [0, 0.05) is 19.8 Å². The van der Waals surface area contributed by atoms with E-state index in [4.69, 9.17) is 23.4 Å². The molecular weight excluding hydrogens is 404 g/mol. The van der Waals surface area contributed by atoms with Crippen LogP contribution in [0.15, 0.2) is 22.6 Å². The third-order valence-electron chi connectivity index (χ3n) is 7.09. The molecule has 1 aromatic rings. The number of carbonyl (C=O) groups excluding carboxylic acids is 3. The summed E-state index contributed by atoms with van der Waals surface area (Å²) in [4.78, 5) is 36.6. The second kappa shape index (κ2) is 6.29. The smallest absolute Gasteiger partial charge is 0.345 e. The molecule has 1 aromatic heterocycles. The number of fused-ring (bicyclic) bond motifs is 4. The van der Waals surface area contributed by atoms with Crippen LogP contribution in [-0.2, 0) is 35.0 Å². The summed E-state index contributed by atoms with van der Waals surface area (Å²) < 4.78 is 29.4. The molecule has 0 aliphatic carbocycles. The molecule has 4 aliphatic heterocycles. The van der Waals surface area contributed by atoms with E-state index in [9.17, 15) is 14.4 Å². The topological polar surface area (TPSA) is 108 Å². The molecule has 0 unspecified atom stereocenters. The van der Waals surface area contributed by atoms with Gasteiger partial charge in [0.1, 0.15) is 41.0 Å². The predicted octanol–water partition coefficient (Wildman–Crippen LogP) is 2.84. The molecule has 0 N–H and O–H groups in total. The summed E-state index contributed by atoms with van der Waals surface area (Å²) in [5.41, 5.74) is -1.62. The van der Waals surface area contributed by atoms with Gasteiger partial charge in [0.2, 0.25) is 5.60 Å². The fraction of sp³-hybridized carbons (Fsp3) is 0.609. The quantitative estimate of drug-likeness (QED) is 0.312. The van der Waals surface area contributed by atoms with Crippen molar-refractivity contribution in [2.24, 2.45) is 5.92 Å². The molecule has 5 rings (SSSR count). The zero-order chi connectivity index (χ0) is 22.3. The molecule has 7 atom stereocenters. The second-order valence-corrected chi connectivity index (χ2v) is 9.71. The fourth-order valence-electron chi connectivity index (χ4n) is 5.47. The van der Waals surface area contributed by atoms with Gasteiger partial charge in [-0.1, -0.05) is 12.2 Å². The minimum Gasteiger partial charge on any atom is -0.462 e. The van der Waals surface area contributed by atoms with E-state index in [0.717, 1.165) is 11.9 Å². The Morgan fingerprint density at radius 3 is 2.61 bits per heavy atom. The molecule has 3 saturated heterocycles. The lowest BCUT2D eigenvalue weighted by atomic mass is 9.80. The van der Waals surface area contributed by atoms with Crippen molar-refractivity contribution in [2.75, 3.05) is 0 Å². The van der Waals surface area contributed by atoms with Crippen LogP contribution in [-0.4, -0.2) is 47.2 Å². The minimum atomic E-state index is -1.33. The zero-order valence-corrected chi connectivity index (χ0v) is 18.1. The number of epoxide rings is 2. The summed E-state index contributed by atoms with van der Waals surface area (Å²) in [5, 5.41) is 0. The van der Waals surface area contributed by atoms with E-state index >= 15 is 0 Å². The Kier molecular flexibility index (Phi) is 4.15. The van der Waals surface area contributed by atoms with Crippen molar-refractivity contribution in [3.8, 4) is 0 Å². The lowest BCUT2D eigenvalue weighted by Gasteiger charge is -2.27. The van der Waals surface area contributed by atoms with E-state index in [1.807, 2.05) is 20.8 Å². The molecule has 8 heteroatoms. The first-order valence-corrected chi connectivity index (χ1v) is 10.5. The average Bonchev–Trinajstić information content (AvgIpc) is 3.50. The van der Waals surface area contributed by atoms with Gasteiger partial charge >= 0.3 is 11.9 Å². The molecule has 4 bridgehead atoms. The monoisotopic (exact) mass is 430 g/mol. The standard InChI is InChI=1S/C23H26O8/c1-11(2)13-6-15-14(9-24)7-16(28-15)18-21(4,29-18)10-22(5)19-23(30-19,20(26)31-22)17(8-13)27-12(3)25/h7,9,13,17-19H,1,6,8,10H2,2-5H3/t13-,17+,18+,19-,21-,22-,23-/m1/s1. The molecule has 5 heterocycles. The first kappa shape index (κ1) is 20.5. The maximum absolute atomic E-state index is 13.0. The van der Waals surface area contributed by atoms with Crippen LogP contribution in [0.5, 0.6) is 0 Å². The molecule has 0 amide bonds. The third kappa shape index (κ3) is 2.91. The molecule has 0 saturated carbocycles. The Labute approximate surface area is 179 Å². The largest absolute Gasteiger partial charge is 0.462 e. The average molecular weight is 430 g/mol. The Morgan fingerprint density at radius 1 is 1.26 bits per heavy atom. The Balaban J connectivity index is 1.60. The Bertz CT molecular complexity index is 1010. The van der Waals surface area contributed by atoms with Crippen LogP contribution in [0.3, 0.4) is 0 Å². The highest BCUT2D eigenvalue weighted by atomic mass is 16.7. The molecule has 0 radical (unpaired) electrons. The number of furan rings is 1. The van der Waals surface area contributed by atoms with E-state index in [0.29, 0.717) is 36.3 Å². The van der Waals surface area contributed by atoms with Gasteiger partial charge in [0.15, 0.2) is 6.29 Å². The molecule has 166 valence electrons. The molecule has 0 aromatic carbocycles. The predicted molar refractivity (Wildman–Crippen MR) is 105 cm³/mol. The molecule has 4 aliphatic rings. The summed E-state index contributed by atoms with van der Waals surface area (Å²) in [6.07, 6.45) is 0.0822. The van der Waals surface area contributed by atoms with Crippen LogP contribution in [0.1, 0.15) is 68.5 Å². The van der Waals surface area contributed by atoms with Gasteiger partial charge in [-0.15, -0.1) is 0 Å². The highest BCUT2D eigenvalue weighted by Crippen LogP contribution is 2.63. The van der Waals surface area contributed by atoms with Crippen molar-refractivity contribution in [2.45, 2.75) is 82.1 Å². The van der Waals surface area contributed by atoms with Gasteiger partial charge in [-0.3, -0.25) is 9.59 Å². The van der Waals surface area contributed by atoms with Crippen LogP contribution in [0.2, 0.25) is 0 Å². The maximum atomic E-state index is 13.0. The van der Waals surface area contributed by atoms with Crippen LogP contribution < -0.4 is 0 Å². The number of allylic oxidation sites excluding steroid dienone is 1. The van der Waals surface area contributed by atoms with Gasteiger partial charge in [0.05, 0.1) is 5.56 Å². The summed E-state index contributed by atoms with van der Waals surface area (Å²) in [7, 11) is 0. The minimum absolute atomic E-state index is 0.215. The Morgan fingerprint density at radius 2 is 2.00 bits per heavy atom. The van der Waals surface area contributed by atoms with Crippen molar-refractivity contribution in [1.82, 2.24) is 0 Å². The van der Waals surface area contributed by atoms with Gasteiger partial charge in [-0.25, -0.2) is 4.79 Å².